The van der Waals surface area contributed by atoms with Crippen molar-refractivity contribution >= 4 is 11.9 Å². The van der Waals surface area contributed by atoms with Gasteiger partial charge in [-0.2, -0.15) is 0 Å². The third-order valence-electron chi connectivity index (χ3n) is 5.53. The van der Waals surface area contributed by atoms with Crippen molar-refractivity contribution in [2.45, 2.75) is 112 Å². The third-order valence-corrected chi connectivity index (χ3v) is 5.53. The van der Waals surface area contributed by atoms with Gasteiger partial charge in [0.05, 0.1) is 13.2 Å². The van der Waals surface area contributed by atoms with Crippen LogP contribution in [-0.4, -0.2) is 25.2 Å². The van der Waals surface area contributed by atoms with Gasteiger partial charge >= 0.3 is 11.9 Å². The fraction of sp³-hybridized carbons (Fsp3) is 0.920. The van der Waals surface area contributed by atoms with Gasteiger partial charge in [-0.05, 0) is 49.4 Å². The molecule has 0 aromatic carbocycles. The monoisotopic (exact) mass is 412 g/mol. The van der Waals surface area contributed by atoms with Crippen molar-refractivity contribution in [1.82, 2.24) is 0 Å². The van der Waals surface area contributed by atoms with E-state index in [4.69, 9.17) is 9.47 Å². The molecule has 0 fully saturated rings. The molecular weight excluding hydrogens is 364 g/mol. The predicted molar refractivity (Wildman–Crippen MR) is 121 cm³/mol. The van der Waals surface area contributed by atoms with Gasteiger partial charge in [-0.3, -0.25) is 9.59 Å². The molecule has 0 bridgehead atoms. The lowest BCUT2D eigenvalue weighted by Crippen LogP contribution is -2.13. The van der Waals surface area contributed by atoms with Crippen LogP contribution in [0.3, 0.4) is 0 Å². The average Bonchev–Trinajstić information content (AvgIpc) is 2.62. The van der Waals surface area contributed by atoms with E-state index in [0.29, 0.717) is 49.7 Å². The summed E-state index contributed by atoms with van der Waals surface area (Å²) < 4.78 is 10.6. The van der Waals surface area contributed by atoms with Crippen molar-refractivity contribution in [3.63, 3.8) is 0 Å². The van der Waals surface area contributed by atoms with E-state index in [-0.39, 0.29) is 11.9 Å². The van der Waals surface area contributed by atoms with E-state index in [9.17, 15) is 9.59 Å². The van der Waals surface area contributed by atoms with Gasteiger partial charge in [0.1, 0.15) is 0 Å². The number of carbonyl (C=O) groups excluding carboxylic acids is 2. The number of carbonyl (C=O) groups is 2. The lowest BCUT2D eigenvalue weighted by molar-refractivity contribution is -0.145. The third kappa shape index (κ3) is 18.7. The second-order valence-corrected chi connectivity index (χ2v) is 9.66. The maximum atomic E-state index is 11.9. The van der Waals surface area contributed by atoms with Gasteiger partial charge in [-0.15, -0.1) is 0 Å². The first-order chi connectivity index (χ1) is 13.7. The maximum absolute atomic E-state index is 11.9. The molecule has 0 aliphatic carbocycles. The summed E-state index contributed by atoms with van der Waals surface area (Å²) in [6.45, 7) is 14.2. The standard InChI is InChI=1S/C25H48O4/c1-20(2)16-18-28-24(26)13-11-9-7-8-10-12-23(22(5)6)14-15-25(27)29-19-17-21(3)4/h20-23H,7-19H2,1-6H3. The van der Waals surface area contributed by atoms with Crippen molar-refractivity contribution in [3.05, 3.63) is 0 Å². The maximum Gasteiger partial charge on any atom is 0.305 e. The molecule has 0 aromatic rings. The molecule has 172 valence electrons. The van der Waals surface area contributed by atoms with Crippen LogP contribution >= 0.6 is 0 Å². The molecule has 0 N–H and O–H groups in total. The van der Waals surface area contributed by atoms with Crippen LogP contribution in [0.15, 0.2) is 0 Å². The molecule has 29 heavy (non-hydrogen) atoms. The molecule has 4 nitrogen and oxygen atoms in total. The lowest BCUT2D eigenvalue weighted by Gasteiger charge is -2.20. The quantitative estimate of drug-likeness (QED) is 0.180. The fourth-order valence-corrected chi connectivity index (χ4v) is 3.28. The first-order valence-electron chi connectivity index (χ1n) is 12.0. The van der Waals surface area contributed by atoms with E-state index in [1.54, 1.807) is 0 Å². The van der Waals surface area contributed by atoms with Crippen molar-refractivity contribution in [1.29, 1.82) is 0 Å². The summed E-state index contributed by atoms with van der Waals surface area (Å²) in [6, 6.07) is 0. The smallest absolute Gasteiger partial charge is 0.305 e. The van der Waals surface area contributed by atoms with Crippen LogP contribution in [0, 0.1) is 23.7 Å². The summed E-state index contributed by atoms with van der Waals surface area (Å²) in [5.41, 5.74) is 0. The molecule has 0 aromatic heterocycles. The van der Waals surface area contributed by atoms with Crippen molar-refractivity contribution < 1.29 is 19.1 Å². The summed E-state index contributed by atoms with van der Waals surface area (Å²) in [7, 11) is 0. The Morgan fingerprint density at radius 3 is 1.59 bits per heavy atom. The molecule has 0 saturated carbocycles. The Balaban J connectivity index is 3.74. The van der Waals surface area contributed by atoms with Crippen LogP contribution < -0.4 is 0 Å². The van der Waals surface area contributed by atoms with Gasteiger partial charge in [0.2, 0.25) is 0 Å². The summed E-state index contributed by atoms with van der Waals surface area (Å²) in [5, 5.41) is 0. The van der Waals surface area contributed by atoms with Crippen molar-refractivity contribution in [2.75, 3.05) is 13.2 Å². The van der Waals surface area contributed by atoms with Gasteiger partial charge < -0.3 is 9.47 Å². The Morgan fingerprint density at radius 1 is 0.586 bits per heavy atom. The van der Waals surface area contributed by atoms with Crippen LogP contribution in [0.4, 0.5) is 0 Å². The van der Waals surface area contributed by atoms with Gasteiger partial charge in [-0.25, -0.2) is 0 Å². The molecule has 0 saturated heterocycles. The average molecular weight is 413 g/mol. The number of ether oxygens (including phenoxy) is 2. The Labute approximate surface area is 180 Å². The lowest BCUT2D eigenvalue weighted by atomic mass is 9.86. The molecule has 4 heteroatoms. The molecule has 0 spiro atoms. The largest absolute Gasteiger partial charge is 0.466 e. The zero-order valence-electron chi connectivity index (χ0n) is 20.1. The van der Waals surface area contributed by atoms with Gasteiger partial charge in [0.25, 0.3) is 0 Å². The number of unbranched alkanes of at least 4 members (excludes halogenated alkanes) is 4. The minimum Gasteiger partial charge on any atom is -0.466 e. The number of hydrogen-bond acceptors (Lipinski definition) is 4. The van der Waals surface area contributed by atoms with Crippen LogP contribution in [0.2, 0.25) is 0 Å². The molecule has 0 heterocycles. The molecule has 1 atom stereocenters. The molecule has 0 aliphatic heterocycles. The van der Waals surface area contributed by atoms with E-state index in [1.165, 1.54) is 25.7 Å². The second kappa shape index (κ2) is 17.8. The Hall–Kier alpha value is -1.06. The van der Waals surface area contributed by atoms with E-state index in [1.807, 2.05) is 0 Å². The predicted octanol–water partition coefficient (Wildman–Crippen LogP) is 6.95. The highest BCUT2D eigenvalue weighted by Crippen LogP contribution is 2.24. The zero-order valence-corrected chi connectivity index (χ0v) is 20.1. The summed E-state index contributed by atoms with van der Waals surface area (Å²) in [6.07, 6.45) is 10.7. The minimum absolute atomic E-state index is 0.0448. The van der Waals surface area contributed by atoms with Crippen LogP contribution in [0.1, 0.15) is 112 Å². The molecular formula is C25H48O4. The van der Waals surface area contributed by atoms with E-state index < -0.39 is 0 Å². The SMILES string of the molecule is CC(C)CCOC(=O)CCCCCCCC(CCC(=O)OCCC(C)C)C(C)C. The molecule has 0 radical (unpaired) electrons. The summed E-state index contributed by atoms with van der Waals surface area (Å²) in [4.78, 5) is 23.5. The van der Waals surface area contributed by atoms with E-state index in [0.717, 1.165) is 32.1 Å². The van der Waals surface area contributed by atoms with Crippen molar-refractivity contribution in [3.8, 4) is 0 Å². The van der Waals surface area contributed by atoms with Crippen LogP contribution in [0.5, 0.6) is 0 Å². The normalized spacial score (nSPS) is 12.6. The molecule has 0 aliphatic rings. The van der Waals surface area contributed by atoms with Gasteiger partial charge in [0.15, 0.2) is 0 Å². The fourth-order valence-electron chi connectivity index (χ4n) is 3.28. The molecule has 0 rings (SSSR count). The first kappa shape index (κ1) is 27.9. The van der Waals surface area contributed by atoms with Crippen LogP contribution in [0.25, 0.3) is 0 Å². The van der Waals surface area contributed by atoms with E-state index in [2.05, 4.69) is 41.5 Å². The van der Waals surface area contributed by atoms with Gasteiger partial charge in [-0.1, -0.05) is 73.6 Å². The van der Waals surface area contributed by atoms with Crippen molar-refractivity contribution in [2.24, 2.45) is 23.7 Å². The van der Waals surface area contributed by atoms with Crippen LogP contribution in [-0.2, 0) is 19.1 Å². The number of hydrogen-bond donors (Lipinski definition) is 0. The number of esters is 2. The zero-order chi connectivity index (χ0) is 22.1. The minimum atomic E-state index is -0.0502. The van der Waals surface area contributed by atoms with E-state index >= 15 is 0 Å². The molecule has 0 amide bonds. The second-order valence-electron chi connectivity index (χ2n) is 9.66. The van der Waals surface area contributed by atoms with Gasteiger partial charge in [0, 0.05) is 12.8 Å². The molecule has 1 unspecified atom stereocenters. The number of rotatable bonds is 18. The summed E-state index contributed by atoms with van der Waals surface area (Å²) in [5.74, 6) is 2.24. The first-order valence-corrected chi connectivity index (χ1v) is 12.0. The summed E-state index contributed by atoms with van der Waals surface area (Å²) >= 11 is 0. The highest BCUT2D eigenvalue weighted by Gasteiger charge is 2.15. The highest BCUT2D eigenvalue weighted by molar-refractivity contribution is 5.69. The Bertz CT molecular complexity index is 415. The topological polar surface area (TPSA) is 52.6 Å². The Kier molecular flexibility index (Phi) is 17.1. The Morgan fingerprint density at radius 2 is 1.07 bits per heavy atom. The highest BCUT2D eigenvalue weighted by atomic mass is 16.5.